The molecule has 5 rings (SSSR count). The van der Waals surface area contributed by atoms with Gasteiger partial charge in [-0.3, -0.25) is 10.1 Å². The van der Waals surface area contributed by atoms with Crippen molar-refractivity contribution in [2.45, 2.75) is 33.1 Å². The quantitative estimate of drug-likeness (QED) is 0.213. The number of furan rings is 1. The fourth-order valence-corrected chi connectivity index (χ4v) is 4.46. The monoisotopic (exact) mass is 543 g/mol. The highest BCUT2D eigenvalue weighted by Gasteiger charge is 2.15. The van der Waals surface area contributed by atoms with E-state index in [1.807, 2.05) is 43.3 Å². The summed E-state index contributed by atoms with van der Waals surface area (Å²) in [4.78, 5) is 14.3. The Bertz CT molecular complexity index is 1620. The van der Waals surface area contributed by atoms with Crippen molar-refractivity contribution in [3.63, 3.8) is 0 Å². The molecular weight excluding hydrogens is 518 g/mol. The van der Waals surface area contributed by atoms with Crippen LogP contribution in [0.4, 0.5) is 5.69 Å². The molecule has 0 fully saturated rings. The van der Waals surface area contributed by atoms with Gasteiger partial charge in [0, 0.05) is 16.3 Å². The van der Waals surface area contributed by atoms with E-state index in [1.54, 1.807) is 29.1 Å². The molecule has 0 aliphatic rings. The van der Waals surface area contributed by atoms with E-state index in [0.717, 1.165) is 34.4 Å². The Morgan fingerprint density at radius 2 is 1.79 bits per heavy atom. The van der Waals surface area contributed by atoms with Gasteiger partial charge >= 0.3 is 0 Å². The number of nitrogens with zero attached hydrogens (tertiary/aromatic N) is 3. The summed E-state index contributed by atoms with van der Waals surface area (Å²) in [5, 5.41) is 15.8. The van der Waals surface area contributed by atoms with Crippen molar-refractivity contribution in [1.82, 2.24) is 20.3 Å². The van der Waals surface area contributed by atoms with E-state index < -0.39 is 5.91 Å². The molecule has 2 heterocycles. The lowest BCUT2D eigenvalue weighted by Gasteiger charge is -2.10. The number of halogens is 1. The predicted octanol–water partition coefficient (Wildman–Crippen LogP) is 7.11. The van der Waals surface area contributed by atoms with E-state index >= 15 is 0 Å². The van der Waals surface area contributed by atoms with Gasteiger partial charge in [0.05, 0.1) is 5.69 Å². The maximum Gasteiger partial charge on any atom is 0.293 e. The van der Waals surface area contributed by atoms with Gasteiger partial charge in [-0.2, -0.15) is 4.80 Å². The minimum atomic E-state index is -0.456. The summed E-state index contributed by atoms with van der Waals surface area (Å²) in [5.74, 6) is 0.222. The zero-order chi connectivity index (χ0) is 26.6. The van der Waals surface area contributed by atoms with Crippen molar-refractivity contribution < 1.29 is 9.21 Å². The van der Waals surface area contributed by atoms with Crippen LogP contribution in [0.3, 0.4) is 0 Å². The van der Waals surface area contributed by atoms with Crippen LogP contribution in [0.15, 0.2) is 77.2 Å². The minimum Gasteiger partial charge on any atom is -0.451 e. The summed E-state index contributed by atoms with van der Waals surface area (Å²) in [6.07, 6.45) is 3.41. The van der Waals surface area contributed by atoms with Crippen LogP contribution in [0.25, 0.3) is 28.0 Å². The zero-order valence-electron chi connectivity index (χ0n) is 21.0. The number of aromatic nitrogens is 3. The smallest absolute Gasteiger partial charge is 0.293 e. The van der Waals surface area contributed by atoms with Gasteiger partial charge in [0.1, 0.15) is 16.8 Å². The highest BCUT2D eigenvalue weighted by atomic mass is 35.5. The molecule has 0 saturated heterocycles. The molecule has 38 heavy (non-hydrogen) atoms. The van der Waals surface area contributed by atoms with Gasteiger partial charge in [-0.25, -0.2) is 0 Å². The molecule has 2 aromatic heterocycles. The first-order valence-corrected chi connectivity index (χ1v) is 13.1. The van der Waals surface area contributed by atoms with Gasteiger partial charge in [-0.15, -0.1) is 10.2 Å². The van der Waals surface area contributed by atoms with Crippen molar-refractivity contribution in [2.75, 3.05) is 5.32 Å². The second kappa shape index (κ2) is 11.2. The third kappa shape index (κ3) is 5.77. The Balaban J connectivity index is 1.27. The lowest BCUT2D eigenvalue weighted by atomic mass is 10.1. The van der Waals surface area contributed by atoms with Crippen LogP contribution in [0, 0.1) is 6.92 Å². The normalized spacial score (nSPS) is 11.0. The molecule has 7 nitrogen and oxygen atoms in total. The molecule has 0 bridgehead atoms. The number of benzene rings is 3. The van der Waals surface area contributed by atoms with Gasteiger partial charge in [0.2, 0.25) is 0 Å². The molecule has 0 atom stereocenters. The Morgan fingerprint density at radius 1 is 1.03 bits per heavy atom. The summed E-state index contributed by atoms with van der Waals surface area (Å²) < 4.78 is 5.71. The number of hydrogen-bond donors (Lipinski definition) is 2. The van der Waals surface area contributed by atoms with E-state index in [9.17, 15) is 4.79 Å². The van der Waals surface area contributed by atoms with E-state index in [2.05, 4.69) is 39.9 Å². The number of nitrogens with one attached hydrogen (secondary N) is 2. The first kappa shape index (κ1) is 25.6. The molecule has 5 aromatic rings. The van der Waals surface area contributed by atoms with E-state index in [1.165, 1.54) is 18.4 Å². The molecule has 0 unspecified atom stereocenters. The maximum atomic E-state index is 12.7. The average molecular weight is 544 g/mol. The summed E-state index contributed by atoms with van der Waals surface area (Å²) in [5.41, 5.74) is 6.09. The second-order valence-corrected chi connectivity index (χ2v) is 9.84. The second-order valence-electron chi connectivity index (χ2n) is 9.00. The zero-order valence-corrected chi connectivity index (χ0v) is 22.6. The fourth-order valence-electron chi connectivity index (χ4n) is 4.07. The Kier molecular flexibility index (Phi) is 7.53. The average Bonchev–Trinajstić information content (AvgIpc) is 3.56. The van der Waals surface area contributed by atoms with Crippen molar-refractivity contribution in [2.24, 2.45) is 0 Å². The first-order valence-electron chi connectivity index (χ1n) is 12.3. The third-order valence-corrected chi connectivity index (χ3v) is 6.57. The molecule has 0 radical (unpaired) electrons. The molecule has 2 N–H and O–H groups in total. The maximum absolute atomic E-state index is 12.7. The number of aryl methyl sites for hydroxylation is 2. The number of rotatable bonds is 7. The SMILES string of the molecule is CCCCc1ccc(-n2nc3cc(C)c(NC(=S)NC(=O)c4ccc(-c5cccc(Cl)c5)o4)cc3n2)cc1. The highest BCUT2D eigenvalue weighted by molar-refractivity contribution is 7.80. The number of thiocarbonyl (C=S) groups is 1. The molecular formula is C29H26ClN5O2S. The topological polar surface area (TPSA) is 85.0 Å². The van der Waals surface area contributed by atoms with Gasteiger partial charge in [0.15, 0.2) is 10.9 Å². The van der Waals surface area contributed by atoms with Crippen molar-refractivity contribution in [3.05, 3.63) is 94.7 Å². The number of fused-ring (bicyclic) bond motifs is 1. The summed E-state index contributed by atoms with van der Waals surface area (Å²) >= 11 is 11.4. The minimum absolute atomic E-state index is 0.139. The number of amides is 1. The van der Waals surface area contributed by atoms with Gasteiger partial charge < -0.3 is 9.73 Å². The lowest BCUT2D eigenvalue weighted by Crippen LogP contribution is -2.34. The first-order chi connectivity index (χ1) is 18.4. The van der Waals surface area contributed by atoms with Crippen LogP contribution in [-0.2, 0) is 6.42 Å². The number of anilines is 1. The Morgan fingerprint density at radius 3 is 2.53 bits per heavy atom. The van der Waals surface area contributed by atoms with Gasteiger partial charge in [-0.1, -0.05) is 49.2 Å². The summed E-state index contributed by atoms with van der Waals surface area (Å²) in [6.45, 7) is 4.13. The Hall–Kier alpha value is -4.01. The molecule has 9 heteroatoms. The lowest BCUT2D eigenvalue weighted by molar-refractivity contribution is 0.0951. The molecule has 0 aliphatic heterocycles. The molecule has 0 aliphatic carbocycles. The molecule has 192 valence electrons. The highest BCUT2D eigenvalue weighted by Crippen LogP contribution is 2.25. The van der Waals surface area contributed by atoms with Crippen LogP contribution in [-0.4, -0.2) is 26.0 Å². The van der Waals surface area contributed by atoms with Crippen LogP contribution in [0.2, 0.25) is 5.02 Å². The van der Waals surface area contributed by atoms with Crippen molar-refractivity contribution in [3.8, 4) is 17.0 Å². The summed E-state index contributed by atoms with van der Waals surface area (Å²) in [6, 6.07) is 22.7. The van der Waals surface area contributed by atoms with Gasteiger partial charge in [0.25, 0.3) is 5.91 Å². The Labute approximate surface area is 230 Å². The van der Waals surface area contributed by atoms with Crippen LogP contribution >= 0.6 is 23.8 Å². The van der Waals surface area contributed by atoms with Crippen LogP contribution in [0.1, 0.15) is 41.4 Å². The van der Waals surface area contributed by atoms with Crippen LogP contribution in [0.5, 0.6) is 0 Å². The van der Waals surface area contributed by atoms with Crippen molar-refractivity contribution in [1.29, 1.82) is 0 Å². The van der Waals surface area contributed by atoms with E-state index in [4.69, 9.17) is 28.2 Å². The molecule has 0 saturated carbocycles. The molecule has 3 aromatic carbocycles. The van der Waals surface area contributed by atoms with Gasteiger partial charge in [-0.05, 0) is 91.6 Å². The van der Waals surface area contributed by atoms with Crippen LogP contribution < -0.4 is 10.6 Å². The third-order valence-electron chi connectivity index (χ3n) is 6.13. The largest absolute Gasteiger partial charge is 0.451 e. The fraction of sp³-hybridized carbons (Fsp3) is 0.172. The molecule has 1 amide bonds. The van der Waals surface area contributed by atoms with Crippen molar-refractivity contribution >= 4 is 51.6 Å². The number of hydrogen-bond acceptors (Lipinski definition) is 5. The van der Waals surface area contributed by atoms with E-state index in [0.29, 0.717) is 16.3 Å². The molecule has 0 spiro atoms. The van der Waals surface area contributed by atoms with E-state index in [-0.39, 0.29) is 10.9 Å². The predicted molar refractivity (Wildman–Crippen MR) is 155 cm³/mol. The standard InChI is InChI=1S/C29H26ClN5O2S/c1-3-4-6-19-9-11-22(12-10-19)35-33-24-15-18(2)23(17-25(24)34-35)31-29(38)32-28(36)27-14-13-26(37-27)20-7-5-8-21(30)16-20/h5,7-17H,3-4,6H2,1-2H3,(H2,31,32,36,38). The summed E-state index contributed by atoms with van der Waals surface area (Å²) in [7, 11) is 0. The number of carbonyl (C=O) groups is 1. The number of unbranched alkanes of at least 4 members (excludes halogenated alkanes) is 1. The number of carbonyl (C=O) groups excluding carboxylic acids is 1.